The van der Waals surface area contributed by atoms with E-state index >= 15 is 0 Å². The van der Waals surface area contributed by atoms with Crippen molar-refractivity contribution in [2.24, 2.45) is 0 Å². The van der Waals surface area contributed by atoms with Crippen molar-refractivity contribution >= 4 is 28.8 Å². The third kappa shape index (κ3) is 4.41. The Morgan fingerprint density at radius 3 is 2.71 bits per heavy atom. The number of nitrogens with zero attached hydrogens (tertiary/aromatic N) is 10. The monoisotopic (exact) mass is 454 g/mol. The predicted molar refractivity (Wildman–Crippen MR) is 126 cm³/mol. The molecule has 34 heavy (non-hydrogen) atoms. The summed E-state index contributed by atoms with van der Waals surface area (Å²) >= 11 is 0. The van der Waals surface area contributed by atoms with E-state index in [1.165, 1.54) is 6.20 Å². The lowest BCUT2D eigenvalue weighted by Gasteiger charge is -2.12. The van der Waals surface area contributed by atoms with Crippen LogP contribution in [0.3, 0.4) is 0 Å². The van der Waals surface area contributed by atoms with Crippen LogP contribution in [0.15, 0.2) is 61.7 Å². The second kappa shape index (κ2) is 9.00. The van der Waals surface area contributed by atoms with Crippen LogP contribution in [0.25, 0.3) is 11.3 Å². The van der Waals surface area contributed by atoms with Gasteiger partial charge in [-0.3, -0.25) is 4.57 Å². The normalized spacial score (nSPS) is 11.1. The molecule has 2 N–H and O–H groups in total. The van der Waals surface area contributed by atoms with Crippen molar-refractivity contribution in [2.75, 3.05) is 31.3 Å². The summed E-state index contributed by atoms with van der Waals surface area (Å²) < 4.78 is 5.42. The van der Waals surface area contributed by atoms with E-state index in [1.807, 2.05) is 59.8 Å². The van der Waals surface area contributed by atoms with Gasteiger partial charge in [-0.25, -0.2) is 9.97 Å². The van der Waals surface area contributed by atoms with E-state index in [1.54, 1.807) is 23.5 Å². The van der Waals surface area contributed by atoms with Crippen molar-refractivity contribution in [2.45, 2.75) is 6.54 Å². The van der Waals surface area contributed by atoms with Crippen molar-refractivity contribution in [1.29, 1.82) is 5.26 Å². The zero-order valence-electron chi connectivity index (χ0n) is 18.7. The van der Waals surface area contributed by atoms with Gasteiger partial charge in [-0.15, -0.1) is 10.2 Å². The van der Waals surface area contributed by atoms with E-state index in [4.69, 9.17) is 0 Å². The van der Waals surface area contributed by atoms with Crippen LogP contribution in [0, 0.1) is 11.3 Å². The molecule has 0 aliphatic heterocycles. The largest absolute Gasteiger partial charge is 0.340 e. The minimum absolute atomic E-state index is 0.376. The minimum Gasteiger partial charge on any atom is -0.340 e. The number of likely N-dealkylation sites (N-methyl/N-ethyl adjacent to an activating group) is 1. The highest BCUT2D eigenvalue weighted by atomic mass is 15.3. The molecule has 0 saturated carbocycles. The molecule has 0 fully saturated rings. The molecular weight excluding hydrogens is 432 g/mol. The molecule has 5 aromatic rings. The molecule has 12 heteroatoms. The second-order valence-electron chi connectivity index (χ2n) is 7.90. The van der Waals surface area contributed by atoms with Crippen molar-refractivity contribution in [1.82, 2.24) is 43.8 Å². The fourth-order valence-electron chi connectivity index (χ4n) is 3.41. The Kier molecular flexibility index (Phi) is 5.59. The lowest BCUT2D eigenvalue weighted by atomic mass is 10.2. The van der Waals surface area contributed by atoms with Crippen LogP contribution in [0.4, 0.5) is 23.1 Å². The average Bonchev–Trinajstić information content (AvgIpc) is 3.59. The molecule has 0 saturated heterocycles. The molecule has 5 rings (SSSR count). The molecule has 1 aromatic carbocycles. The molecule has 0 aliphatic carbocycles. The Hall–Kier alpha value is -4.76. The summed E-state index contributed by atoms with van der Waals surface area (Å²) in [4.78, 5) is 11.2. The number of imidazole rings is 1. The number of benzene rings is 1. The van der Waals surface area contributed by atoms with Gasteiger partial charge >= 0.3 is 0 Å². The molecule has 0 atom stereocenters. The Morgan fingerprint density at radius 2 is 1.91 bits per heavy atom. The molecule has 0 spiro atoms. The predicted octanol–water partition coefficient (Wildman–Crippen LogP) is 2.43. The average molecular weight is 455 g/mol. The van der Waals surface area contributed by atoms with Crippen LogP contribution in [0.5, 0.6) is 0 Å². The first-order valence-corrected chi connectivity index (χ1v) is 10.5. The Labute approximate surface area is 195 Å². The molecule has 12 nitrogen and oxygen atoms in total. The molecule has 0 unspecified atom stereocenters. The summed E-state index contributed by atoms with van der Waals surface area (Å²) in [6, 6.07) is 11.7. The van der Waals surface area contributed by atoms with E-state index in [-0.39, 0.29) is 0 Å². The molecule has 0 bridgehead atoms. The molecule has 0 amide bonds. The van der Waals surface area contributed by atoms with Crippen LogP contribution in [0.2, 0.25) is 0 Å². The highest BCUT2D eigenvalue weighted by Gasteiger charge is 2.13. The van der Waals surface area contributed by atoms with Gasteiger partial charge < -0.3 is 20.1 Å². The maximum atomic E-state index is 9.52. The zero-order valence-corrected chi connectivity index (χ0v) is 18.7. The smallest absolute Gasteiger partial charge is 0.177 e. The number of nitrogens with one attached hydrogen (secondary N) is 2. The number of nitriles is 1. The van der Waals surface area contributed by atoms with Crippen molar-refractivity contribution in [3.8, 4) is 11.8 Å². The third-order valence-corrected chi connectivity index (χ3v) is 5.12. The molecular formula is C22H22N12. The molecule has 0 radical (unpaired) electrons. The molecule has 4 heterocycles. The van der Waals surface area contributed by atoms with Crippen LogP contribution >= 0.6 is 0 Å². The number of rotatable bonds is 8. The zero-order chi connectivity index (χ0) is 23.5. The summed E-state index contributed by atoms with van der Waals surface area (Å²) in [7, 11) is 4.07. The van der Waals surface area contributed by atoms with Gasteiger partial charge in [-0.2, -0.15) is 14.9 Å². The van der Waals surface area contributed by atoms with Gasteiger partial charge in [-0.1, -0.05) is 6.07 Å². The van der Waals surface area contributed by atoms with Crippen LogP contribution < -0.4 is 10.6 Å². The summed E-state index contributed by atoms with van der Waals surface area (Å²) in [5.41, 5.74) is 2.54. The van der Waals surface area contributed by atoms with Crippen LogP contribution in [0.1, 0.15) is 5.56 Å². The number of aromatic nitrogens is 8. The fraction of sp³-hybridized carbons (Fsp3) is 0.182. The van der Waals surface area contributed by atoms with Crippen molar-refractivity contribution in [3.05, 3.63) is 67.3 Å². The van der Waals surface area contributed by atoms with Gasteiger partial charge in [0.2, 0.25) is 0 Å². The Balaban J connectivity index is 1.46. The summed E-state index contributed by atoms with van der Waals surface area (Å²) in [5, 5.41) is 28.2. The lowest BCUT2D eigenvalue weighted by molar-refractivity contribution is 0.384. The molecule has 170 valence electrons. The first kappa shape index (κ1) is 21.1. The van der Waals surface area contributed by atoms with Crippen molar-refractivity contribution in [3.63, 3.8) is 0 Å². The van der Waals surface area contributed by atoms with Gasteiger partial charge in [-0.05, 0) is 32.3 Å². The van der Waals surface area contributed by atoms with Crippen molar-refractivity contribution < 1.29 is 0 Å². The third-order valence-electron chi connectivity index (χ3n) is 5.12. The topological polar surface area (TPSA) is 130 Å². The van der Waals surface area contributed by atoms with Crippen LogP contribution in [-0.4, -0.2) is 64.5 Å². The maximum absolute atomic E-state index is 9.52. The first-order chi connectivity index (χ1) is 16.6. The highest BCUT2D eigenvalue weighted by molar-refractivity contribution is 5.69. The maximum Gasteiger partial charge on any atom is 0.177 e. The van der Waals surface area contributed by atoms with Gasteiger partial charge in [0.25, 0.3) is 0 Å². The number of hydrogen-bond acceptors (Lipinski definition) is 9. The summed E-state index contributed by atoms with van der Waals surface area (Å²) in [6.07, 6.45) is 8.48. The van der Waals surface area contributed by atoms with Gasteiger partial charge in [0.15, 0.2) is 5.65 Å². The molecule has 4 aromatic heterocycles. The number of anilines is 4. The SMILES string of the molecule is CN(C)CCn1cnc(Nc2cc(Nc3cccc(-n4cnnc4)c3)nc3c(C#N)cnn23)c1. The molecule has 0 aliphatic rings. The van der Waals surface area contributed by atoms with Gasteiger partial charge in [0.1, 0.15) is 41.7 Å². The minimum atomic E-state index is 0.376. The fourth-order valence-corrected chi connectivity index (χ4v) is 3.41. The number of hydrogen-bond donors (Lipinski definition) is 2. The van der Waals surface area contributed by atoms with Crippen LogP contribution in [-0.2, 0) is 6.54 Å². The summed E-state index contributed by atoms with van der Waals surface area (Å²) in [6.45, 7) is 1.73. The number of fused-ring (bicyclic) bond motifs is 1. The quantitative estimate of drug-likeness (QED) is 0.363. The highest BCUT2D eigenvalue weighted by Crippen LogP contribution is 2.25. The first-order valence-electron chi connectivity index (χ1n) is 10.5. The summed E-state index contributed by atoms with van der Waals surface area (Å²) in [5.74, 6) is 1.85. The lowest BCUT2D eigenvalue weighted by Crippen LogP contribution is -2.17. The van der Waals surface area contributed by atoms with E-state index in [0.717, 1.165) is 24.5 Å². The van der Waals surface area contributed by atoms with E-state index < -0.39 is 0 Å². The Morgan fingerprint density at radius 1 is 1.06 bits per heavy atom. The standard InChI is InChI=1S/C22H22N12/c1-31(2)6-7-32-12-20(24-13-32)29-21-9-19(30-22-16(10-23)11-27-34(21)22)28-17-4-3-5-18(8-17)33-14-25-26-15-33/h3-5,8-9,11-15,29H,6-7H2,1-2H3,(H,28,30). The second-order valence-corrected chi connectivity index (χ2v) is 7.90. The van der Waals surface area contributed by atoms with E-state index in [0.29, 0.717) is 28.7 Å². The van der Waals surface area contributed by atoms with Gasteiger partial charge in [0.05, 0.1) is 18.2 Å². The van der Waals surface area contributed by atoms with Gasteiger partial charge in [0, 0.05) is 31.0 Å². The Bertz CT molecular complexity index is 1460. The van der Waals surface area contributed by atoms with E-state index in [9.17, 15) is 5.26 Å². The van der Waals surface area contributed by atoms with E-state index in [2.05, 4.69) is 46.9 Å².